The van der Waals surface area contributed by atoms with E-state index in [4.69, 9.17) is 17.4 Å². The van der Waals surface area contributed by atoms with E-state index in [1.54, 1.807) is 12.2 Å². The summed E-state index contributed by atoms with van der Waals surface area (Å²) in [7, 11) is -4.49. The molecule has 134 valence electrons. The van der Waals surface area contributed by atoms with E-state index in [1.807, 2.05) is 30.3 Å². The molecule has 26 heavy (non-hydrogen) atoms. The molecule has 1 aliphatic rings. The highest BCUT2D eigenvalue weighted by atomic mass is 79.9. The summed E-state index contributed by atoms with van der Waals surface area (Å²) >= 11 is 8.80. The Hall–Kier alpha value is -1.74. The van der Waals surface area contributed by atoms with E-state index >= 15 is 0 Å². The fraction of sp³-hybridized carbons (Fsp3) is 0.0556. The lowest BCUT2D eigenvalue weighted by molar-refractivity contribution is 0.519. The lowest BCUT2D eigenvalue weighted by Gasteiger charge is -2.18. The highest BCUT2D eigenvalue weighted by Gasteiger charge is 2.23. The zero-order valence-electron chi connectivity index (χ0n) is 13.1. The minimum atomic E-state index is -4.49. The second-order valence-corrected chi connectivity index (χ2v) is 8.59. The van der Waals surface area contributed by atoms with Gasteiger partial charge in [0.25, 0.3) is 0 Å². The fourth-order valence-corrected chi connectivity index (χ4v) is 3.98. The molecule has 1 unspecified atom stereocenters. The predicted molar refractivity (Wildman–Crippen MR) is 104 cm³/mol. The van der Waals surface area contributed by atoms with Crippen molar-refractivity contribution in [2.75, 3.05) is 0 Å². The summed E-state index contributed by atoms with van der Waals surface area (Å²) in [6.45, 7) is 0. The lowest BCUT2D eigenvalue weighted by atomic mass is 9.88. The predicted octanol–water partition coefficient (Wildman–Crippen LogP) is 4.48. The Morgan fingerprint density at radius 3 is 2.15 bits per heavy atom. The maximum absolute atomic E-state index is 14.1. The van der Waals surface area contributed by atoms with Crippen LogP contribution in [0.3, 0.4) is 0 Å². The van der Waals surface area contributed by atoms with Gasteiger partial charge in [0.1, 0.15) is 11.6 Å². The molecule has 3 rings (SSSR count). The van der Waals surface area contributed by atoms with Gasteiger partial charge in [-0.2, -0.15) is 0 Å². The van der Waals surface area contributed by atoms with Crippen LogP contribution in [0.25, 0.3) is 5.57 Å². The SMILES string of the molecule is NS(=O)(=O)c1c(F)cc(C2=CC(=S)C(c3ccc(Br)cc3)C=C2)cc1F. The van der Waals surface area contributed by atoms with Crippen molar-refractivity contribution in [2.24, 2.45) is 5.14 Å². The maximum atomic E-state index is 14.1. The summed E-state index contributed by atoms with van der Waals surface area (Å²) in [4.78, 5) is -0.557. The molecular formula is C18H12BrF2NO2S2. The first kappa shape index (κ1) is 19.0. The Morgan fingerprint density at radius 2 is 1.65 bits per heavy atom. The number of sulfonamides is 1. The van der Waals surface area contributed by atoms with Crippen molar-refractivity contribution in [1.29, 1.82) is 0 Å². The zero-order chi connectivity index (χ0) is 19.1. The maximum Gasteiger partial charge on any atom is 0.243 e. The third-order valence-corrected chi connectivity index (χ3v) is 5.78. The molecule has 0 fully saturated rings. The molecule has 0 saturated heterocycles. The average Bonchev–Trinajstić information content (AvgIpc) is 2.53. The van der Waals surface area contributed by atoms with Gasteiger partial charge in [-0.25, -0.2) is 22.3 Å². The van der Waals surface area contributed by atoms with Crippen LogP contribution in [0.5, 0.6) is 0 Å². The Morgan fingerprint density at radius 1 is 1.08 bits per heavy atom. The first-order valence-corrected chi connectivity index (χ1v) is 10.1. The summed E-state index contributed by atoms with van der Waals surface area (Å²) in [5.74, 6) is -2.60. The lowest BCUT2D eigenvalue weighted by Crippen LogP contribution is -2.16. The first-order valence-electron chi connectivity index (χ1n) is 7.38. The standard InChI is InChI=1S/C18H12BrF2NO2S2/c19-13-4-1-10(2-5-13)14-6-3-11(9-17(14)25)12-7-15(20)18(16(21)8-12)26(22,23)24/h1-9,14H,(H2,22,23,24). The number of allylic oxidation sites excluding steroid dienone is 4. The molecule has 2 N–H and O–H groups in total. The van der Waals surface area contributed by atoms with Gasteiger partial charge in [-0.15, -0.1) is 0 Å². The molecule has 0 spiro atoms. The monoisotopic (exact) mass is 455 g/mol. The molecule has 1 atom stereocenters. The van der Waals surface area contributed by atoms with Crippen LogP contribution in [0.4, 0.5) is 8.78 Å². The van der Waals surface area contributed by atoms with Crippen LogP contribution in [-0.4, -0.2) is 13.3 Å². The number of hydrogen-bond donors (Lipinski definition) is 1. The van der Waals surface area contributed by atoms with Crippen molar-refractivity contribution in [3.8, 4) is 0 Å². The van der Waals surface area contributed by atoms with Crippen LogP contribution in [0, 0.1) is 11.6 Å². The van der Waals surface area contributed by atoms with Crippen LogP contribution in [0.2, 0.25) is 0 Å². The van der Waals surface area contributed by atoms with Crippen LogP contribution in [-0.2, 0) is 10.0 Å². The van der Waals surface area contributed by atoms with Gasteiger partial charge >= 0.3 is 0 Å². The van der Waals surface area contributed by atoms with Crippen molar-refractivity contribution in [3.63, 3.8) is 0 Å². The second kappa shape index (κ2) is 7.11. The number of halogens is 3. The number of nitrogens with two attached hydrogens (primary N) is 1. The Kier molecular flexibility index (Phi) is 5.21. The molecule has 0 radical (unpaired) electrons. The van der Waals surface area contributed by atoms with Crippen molar-refractivity contribution in [1.82, 2.24) is 0 Å². The van der Waals surface area contributed by atoms with Crippen LogP contribution >= 0.6 is 28.1 Å². The number of benzene rings is 2. The minimum Gasteiger partial charge on any atom is -0.224 e. The molecule has 3 nitrogen and oxygen atoms in total. The molecule has 8 heteroatoms. The number of thiocarbonyl (C=S) groups is 1. The minimum absolute atomic E-state index is 0.125. The largest absolute Gasteiger partial charge is 0.243 e. The van der Waals surface area contributed by atoms with Crippen molar-refractivity contribution in [3.05, 3.63) is 81.9 Å². The van der Waals surface area contributed by atoms with Gasteiger partial charge < -0.3 is 0 Å². The third kappa shape index (κ3) is 3.83. The Labute approximate surface area is 163 Å². The van der Waals surface area contributed by atoms with Crippen molar-refractivity contribution in [2.45, 2.75) is 10.8 Å². The van der Waals surface area contributed by atoms with Crippen molar-refractivity contribution < 1.29 is 17.2 Å². The molecule has 2 aromatic rings. The summed E-state index contributed by atoms with van der Waals surface area (Å²) in [5, 5.41) is 4.84. The van der Waals surface area contributed by atoms with Gasteiger partial charge in [0.05, 0.1) is 0 Å². The number of primary sulfonamides is 1. The third-order valence-electron chi connectivity index (χ3n) is 3.92. The highest BCUT2D eigenvalue weighted by Crippen LogP contribution is 2.31. The van der Waals surface area contributed by atoms with Gasteiger partial charge in [0.2, 0.25) is 10.0 Å². The first-order chi connectivity index (χ1) is 12.2. The van der Waals surface area contributed by atoms with E-state index in [0.29, 0.717) is 10.4 Å². The van der Waals surface area contributed by atoms with Gasteiger partial charge in [0, 0.05) is 15.3 Å². The molecule has 0 heterocycles. The topological polar surface area (TPSA) is 60.2 Å². The van der Waals surface area contributed by atoms with Gasteiger partial charge in [0.15, 0.2) is 4.90 Å². The number of hydrogen-bond acceptors (Lipinski definition) is 3. The van der Waals surface area contributed by atoms with E-state index in [9.17, 15) is 17.2 Å². The molecule has 0 aliphatic heterocycles. The van der Waals surface area contributed by atoms with E-state index < -0.39 is 26.6 Å². The Balaban J connectivity index is 1.95. The summed E-state index contributed by atoms with van der Waals surface area (Å²) in [5.41, 5.74) is 1.66. The van der Waals surface area contributed by atoms with E-state index in [2.05, 4.69) is 15.9 Å². The van der Waals surface area contributed by atoms with E-state index in [0.717, 1.165) is 22.2 Å². The smallest absolute Gasteiger partial charge is 0.224 e. The molecule has 0 bridgehead atoms. The summed E-state index contributed by atoms with van der Waals surface area (Å²) in [6, 6.07) is 9.54. The van der Waals surface area contributed by atoms with Gasteiger partial charge in [-0.3, -0.25) is 0 Å². The normalized spacial score (nSPS) is 17.3. The fourth-order valence-electron chi connectivity index (χ4n) is 2.71. The summed E-state index contributed by atoms with van der Waals surface area (Å²) < 4.78 is 51.6. The van der Waals surface area contributed by atoms with Crippen molar-refractivity contribution >= 4 is 48.6 Å². The Bertz CT molecular complexity index is 1040. The average molecular weight is 456 g/mol. The summed E-state index contributed by atoms with van der Waals surface area (Å²) in [6.07, 6.45) is 5.19. The van der Waals surface area contributed by atoms with E-state index in [-0.39, 0.29) is 11.5 Å². The van der Waals surface area contributed by atoms with Gasteiger partial charge in [-0.05, 0) is 47.0 Å². The molecule has 1 aliphatic carbocycles. The van der Waals surface area contributed by atoms with Crippen LogP contribution in [0.15, 0.2) is 64.0 Å². The molecular weight excluding hydrogens is 444 g/mol. The molecule has 0 aromatic heterocycles. The quantitative estimate of drug-likeness (QED) is 0.693. The van der Waals surface area contributed by atoms with Crippen LogP contribution in [0.1, 0.15) is 17.0 Å². The van der Waals surface area contributed by atoms with E-state index in [1.165, 1.54) is 0 Å². The number of rotatable bonds is 3. The molecule has 0 saturated carbocycles. The second-order valence-electron chi connectivity index (χ2n) is 5.70. The zero-order valence-corrected chi connectivity index (χ0v) is 16.3. The highest BCUT2D eigenvalue weighted by molar-refractivity contribution is 9.10. The van der Waals surface area contributed by atoms with Crippen LogP contribution < -0.4 is 5.14 Å². The molecule has 2 aromatic carbocycles. The van der Waals surface area contributed by atoms with Gasteiger partial charge in [-0.1, -0.05) is 52.4 Å². The molecule has 0 amide bonds.